The number of nitrogens with zero attached hydrogens (tertiary/aromatic N) is 2. The number of aryl methyl sites for hydroxylation is 1. The molecule has 1 saturated heterocycles. The normalized spacial score (nSPS) is 14.4. The molecule has 9 heteroatoms. The van der Waals surface area contributed by atoms with Crippen LogP contribution in [0.5, 0.6) is 11.5 Å². The van der Waals surface area contributed by atoms with Crippen LogP contribution in [0.25, 0.3) is 11.0 Å². The molecule has 2 heterocycles. The number of hydrogen-bond acceptors (Lipinski definition) is 7. The number of methoxy groups -OCH3 is 1. The molecule has 0 spiro atoms. The maximum atomic E-state index is 9.55. The lowest BCUT2D eigenvalue weighted by Crippen LogP contribution is -2.33. The average molecular weight is 525 g/mol. The fraction of sp³-hybridized carbons (Fsp3) is 0.414. The van der Waals surface area contributed by atoms with Gasteiger partial charge < -0.3 is 24.2 Å². The number of hydrogen-bond donors (Lipinski definition) is 2. The first-order valence-electron chi connectivity index (χ1n) is 12.8. The van der Waals surface area contributed by atoms with Crippen LogP contribution in [0.15, 0.2) is 59.1 Å². The van der Waals surface area contributed by atoms with Gasteiger partial charge in [-0.25, -0.2) is 9.59 Å². The fourth-order valence-corrected chi connectivity index (χ4v) is 4.46. The van der Waals surface area contributed by atoms with Crippen LogP contribution in [0, 0.1) is 5.92 Å². The average Bonchev–Trinajstić information content (AvgIpc) is 3.31. The Labute approximate surface area is 222 Å². The van der Waals surface area contributed by atoms with Crippen molar-refractivity contribution in [2.24, 2.45) is 5.92 Å². The van der Waals surface area contributed by atoms with Gasteiger partial charge in [0.05, 0.1) is 18.9 Å². The highest BCUT2D eigenvalue weighted by Crippen LogP contribution is 2.38. The molecule has 0 unspecified atom stereocenters. The standard InChI is InChI=1S/C25H32N2O3.C4H4O4/c1-18(2)29-25-23(28-3)12-10-21-22(26-30-24(21)25)11-9-19-13-15-27(16-14-19)17-20-7-5-4-6-8-20;5-3(6)1-2-4(7)8/h4-8,10,12,18-19H,9,11,13-17H2,1-3H3;1-2H,(H,5,6)(H,7,8)/b;2-1+. The van der Waals surface area contributed by atoms with E-state index < -0.39 is 11.9 Å². The molecule has 0 atom stereocenters. The minimum atomic E-state index is -1.26. The molecular formula is C29H36N2O7. The SMILES string of the molecule is COc1ccc2c(CCC3CCN(Cc4ccccc4)CC3)noc2c1OC(C)C.O=C(O)/C=C/C(=O)O. The molecule has 0 aliphatic carbocycles. The van der Waals surface area contributed by atoms with Crippen LogP contribution >= 0.6 is 0 Å². The Bertz CT molecular complexity index is 1200. The van der Waals surface area contributed by atoms with Crippen molar-refractivity contribution < 1.29 is 33.8 Å². The van der Waals surface area contributed by atoms with E-state index in [-0.39, 0.29) is 6.10 Å². The first-order valence-corrected chi connectivity index (χ1v) is 12.8. The summed E-state index contributed by atoms with van der Waals surface area (Å²) >= 11 is 0. The Hall–Kier alpha value is -3.85. The summed E-state index contributed by atoms with van der Waals surface area (Å²) in [6.45, 7) is 7.40. The molecule has 204 valence electrons. The topological polar surface area (TPSA) is 122 Å². The molecule has 1 fully saturated rings. The van der Waals surface area contributed by atoms with Gasteiger partial charge in [0.2, 0.25) is 11.3 Å². The highest BCUT2D eigenvalue weighted by Gasteiger charge is 2.22. The predicted octanol–water partition coefficient (Wildman–Crippen LogP) is 5.18. The fourth-order valence-electron chi connectivity index (χ4n) is 4.46. The van der Waals surface area contributed by atoms with Crippen molar-refractivity contribution in [3.63, 3.8) is 0 Å². The van der Waals surface area contributed by atoms with Gasteiger partial charge in [-0.05, 0) is 76.2 Å². The summed E-state index contributed by atoms with van der Waals surface area (Å²) in [6, 6.07) is 14.7. The van der Waals surface area contributed by atoms with E-state index in [1.807, 2.05) is 26.0 Å². The second kappa shape index (κ2) is 14.2. The van der Waals surface area contributed by atoms with Crippen molar-refractivity contribution in [3.05, 3.63) is 65.9 Å². The highest BCUT2D eigenvalue weighted by atomic mass is 16.5. The molecular weight excluding hydrogens is 488 g/mol. The summed E-state index contributed by atoms with van der Waals surface area (Å²) in [5.41, 5.74) is 3.11. The zero-order chi connectivity index (χ0) is 27.5. The summed E-state index contributed by atoms with van der Waals surface area (Å²) in [6.07, 6.45) is 5.73. The number of carbonyl (C=O) groups is 2. The maximum Gasteiger partial charge on any atom is 0.328 e. The van der Waals surface area contributed by atoms with Crippen LogP contribution in [0.3, 0.4) is 0 Å². The van der Waals surface area contributed by atoms with Gasteiger partial charge in [-0.2, -0.15) is 0 Å². The van der Waals surface area contributed by atoms with Crippen LogP contribution in [-0.4, -0.2) is 58.5 Å². The number of carboxylic acids is 2. The van der Waals surface area contributed by atoms with E-state index in [1.54, 1.807) is 7.11 Å². The number of carboxylic acid groups (broad SMARTS) is 2. The van der Waals surface area contributed by atoms with Gasteiger partial charge in [0.1, 0.15) is 0 Å². The van der Waals surface area contributed by atoms with Crippen molar-refractivity contribution in [3.8, 4) is 11.5 Å². The van der Waals surface area contributed by atoms with Crippen LogP contribution in [0.1, 0.15) is 44.4 Å². The molecule has 0 radical (unpaired) electrons. The van der Waals surface area contributed by atoms with E-state index in [0.29, 0.717) is 29.2 Å². The van der Waals surface area contributed by atoms with E-state index in [4.69, 9.17) is 24.2 Å². The molecule has 3 aromatic rings. The Morgan fingerprint density at radius 3 is 2.32 bits per heavy atom. The lowest BCUT2D eigenvalue weighted by Gasteiger charge is -2.31. The van der Waals surface area contributed by atoms with E-state index in [2.05, 4.69) is 40.4 Å². The molecule has 0 saturated carbocycles. The summed E-state index contributed by atoms with van der Waals surface area (Å²) < 4.78 is 17.1. The summed E-state index contributed by atoms with van der Waals surface area (Å²) in [7, 11) is 1.65. The van der Waals surface area contributed by atoms with Crippen LogP contribution in [0.2, 0.25) is 0 Å². The minimum Gasteiger partial charge on any atom is -0.493 e. The van der Waals surface area contributed by atoms with E-state index in [0.717, 1.165) is 36.4 Å². The molecule has 0 bridgehead atoms. The van der Waals surface area contributed by atoms with Gasteiger partial charge in [-0.1, -0.05) is 35.5 Å². The Morgan fingerprint density at radius 2 is 1.74 bits per heavy atom. The Morgan fingerprint density at radius 1 is 1.08 bits per heavy atom. The number of rotatable bonds is 10. The van der Waals surface area contributed by atoms with Gasteiger partial charge in [0.15, 0.2) is 5.75 Å². The summed E-state index contributed by atoms with van der Waals surface area (Å²) in [5.74, 6) is -0.434. The number of piperidine rings is 1. The third-order valence-electron chi connectivity index (χ3n) is 6.32. The van der Waals surface area contributed by atoms with Crippen molar-refractivity contribution >= 4 is 22.9 Å². The predicted molar refractivity (Wildman–Crippen MR) is 144 cm³/mol. The second-order valence-electron chi connectivity index (χ2n) is 9.52. The van der Waals surface area contributed by atoms with Crippen LogP contribution < -0.4 is 9.47 Å². The third-order valence-corrected chi connectivity index (χ3v) is 6.32. The number of ether oxygens (including phenoxy) is 2. The molecule has 2 N–H and O–H groups in total. The largest absolute Gasteiger partial charge is 0.493 e. The molecule has 9 nitrogen and oxygen atoms in total. The number of aromatic nitrogens is 1. The zero-order valence-corrected chi connectivity index (χ0v) is 22.1. The Kier molecular flexibility index (Phi) is 10.7. The van der Waals surface area contributed by atoms with Gasteiger partial charge in [0.25, 0.3) is 0 Å². The van der Waals surface area contributed by atoms with Gasteiger partial charge in [0, 0.05) is 24.1 Å². The van der Waals surface area contributed by atoms with Crippen molar-refractivity contribution in [2.75, 3.05) is 20.2 Å². The highest BCUT2D eigenvalue weighted by molar-refractivity contribution is 5.89. The molecule has 38 heavy (non-hydrogen) atoms. The summed E-state index contributed by atoms with van der Waals surface area (Å²) in [4.78, 5) is 21.7. The molecule has 2 aromatic carbocycles. The second-order valence-corrected chi connectivity index (χ2v) is 9.52. The van der Waals surface area contributed by atoms with E-state index >= 15 is 0 Å². The quantitative estimate of drug-likeness (QED) is 0.345. The first-order chi connectivity index (χ1) is 18.3. The van der Waals surface area contributed by atoms with Gasteiger partial charge in [-0.15, -0.1) is 0 Å². The number of benzene rings is 2. The van der Waals surface area contributed by atoms with E-state index in [1.165, 1.54) is 31.5 Å². The Balaban J connectivity index is 0.000000436. The van der Waals surface area contributed by atoms with E-state index in [9.17, 15) is 9.59 Å². The number of aliphatic carboxylic acids is 2. The molecule has 4 rings (SSSR count). The monoisotopic (exact) mass is 524 g/mol. The number of fused-ring (bicyclic) bond motifs is 1. The van der Waals surface area contributed by atoms with Gasteiger partial charge >= 0.3 is 11.9 Å². The lowest BCUT2D eigenvalue weighted by atomic mass is 9.91. The van der Waals surface area contributed by atoms with Crippen molar-refractivity contribution in [1.29, 1.82) is 0 Å². The molecule has 1 aromatic heterocycles. The van der Waals surface area contributed by atoms with Gasteiger partial charge in [-0.3, -0.25) is 4.90 Å². The van der Waals surface area contributed by atoms with Crippen LogP contribution in [0.4, 0.5) is 0 Å². The molecule has 1 aliphatic heterocycles. The smallest absolute Gasteiger partial charge is 0.328 e. The summed E-state index contributed by atoms with van der Waals surface area (Å²) in [5, 5.41) is 21.0. The maximum absolute atomic E-state index is 9.55. The van der Waals surface area contributed by atoms with Crippen molar-refractivity contribution in [1.82, 2.24) is 10.1 Å². The molecule has 0 amide bonds. The van der Waals surface area contributed by atoms with Crippen LogP contribution in [-0.2, 0) is 22.6 Å². The number of likely N-dealkylation sites (tertiary alicyclic amines) is 1. The first kappa shape index (κ1) is 28.7. The van der Waals surface area contributed by atoms with Crippen molar-refractivity contribution in [2.45, 2.75) is 52.2 Å². The third kappa shape index (κ3) is 8.62. The zero-order valence-electron chi connectivity index (χ0n) is 22.1. The lowest BCUT2D eigenvalue weighted by molar-refractivity contribution is -0.134. The minimum absolute atomic E-state index is 0.0409. The molecule has 1 aliphatic rings.